The number of amides is 3. The Hall–Kier alpha value is -2.60. The standard InChI is InChI=1S/C21H23ClFN3O2/c1-25(14-15-7-9-17(22)10-8-15)20(27)19-6-3-11-26(19)21(28)24-13-16-4-2-5-18(23)12-16/h2,4-5,7-10,12,19H,3,6,11,13-14H2,1H3,(H,24,28). The highest BCUT2D eigenvalue weighted by molar-refractivity contribution is 6.30. The van der Waals surface area contributed by atoms with Gasteiger partial charge in [-0.1, -0.05) is 35.9 Å². The van der Waals surface area contributed by atoms with Crippen LogP contribution in [0.1, 0.15) is 24.0 Å². The number of hydrogen-bond acceptors (Lipinski definition) is 2. The van der Waals surface area contributed by atoms with E-state index in [1.54, 1.807) is 41.1 Å². The molecule has 7 heteroatoms. The van der Waals surface area contributed by atoms with Gasteiger partial charge in [0.15, 0.2) is 0 Å². The zero-order chi connectivity index (χ0) is 20.1. The quantitative estimate of drug-likeness (QED) is 0.825. The summed E-state index contributed by atoms with van der Waals surface area (Å²) in [5.74, 6) is -0.432. The molecule has 3 rings (SSSR count). The van der Waals surface area contributed by atoms with Crippen LogP contribution in [0.3, 0.4) is 0 Å². The lowest BCUT2D eigenvalue weighted by Crippen LogP contribution is -2.49. The maximum absolute atomic E-state index is 13.3. The molecule has 28 heavy (non-hydrogen) atoms. The Labute approximate surface area is 169 Å². The minimum Gasteiger partial charge on any atom is -0.340 e. The molecule has 1 fully saturated rings. The molecule has 5 nitrogen and oxygen atoms in total. The van der Waals surface area contributed by atoms with Crippen LogP contribution in [0, 0.1) is 5.82 Å². The Balaban J connectivity index is 1.58. The minimum absolute atomic E-state index is 0.0895. The lowest BCUT2D eigenvalue weighted by atomic mass is 10.1. The molecule has 1 atom stereocenters. The molecule has 1 saturated heterocycles. The van der Waals surface area contributed by atoms with Crippen LogP contribution in [0.2, 0.25) is 5.02 Å². The van der Waals surface area contributed by atoms with Crippen LogP contribution >= 0.6 is 11.6 Å². The van der Waals surface area contributed by atoms with Crippen LogP contribution in [0.25, 0.3) is 0 Å². The predicted molar refractivity (Wildman–Crippen MR) is 106 cm³/mol. The summed E-state index contributed by atoms with van der Waals surface area (Å²) in [6, 6.07) is 12.6. The first-order valence-electron chi connectivity index (χ1n) is 9.22. The van der Waals surface area contributed by atoms with Gasteiger partial charge in [-0.05, 0) is 48.2 Å². The third-order valence-corrected chi connectivity index (χ3v) is 5.09. The number of likely N-dealkylation sites (tertiary alicyclic amines) is 1. The van der Waals surface area contributed by atoms with Crippen LogP contribution in [-0.2, 0) is 17.9 Å². The number of urea groups is 1. The van der Waals surface area contributed by atoms with Gasteiger partial charge in [0.2, 0.25) is 5.91 Å². The van der Waals surface area contributed by atoms with E-state index in [2.05, 4.69) is 5.32 Å². The SMILES string of the molecule is CN(Cc1ccc(Cl)cc1)C(=O)C1CCCN1C(=O)NCc1cccc(F)c1. The first-order chi connectivity index (χ1) is 13.4. The van der Waals surface area contributed by atoms with Crippen molar-refractivity contribution in [3.05, 3.63) is 70.5 Å². The van der Waals surface area contributed by atoms with Crippen LogP contribution in [0.4, 0.5) is 9.18 Å². The first-order valence-corrected chi connectivity index (χ1v) is 9.60. The van der Waals surface area contributed by atoms with Crippen LogP contribution < -0.4 is 5.32 Å². The summed E-state index contributed by atoms with van der Waals surface area (Å²) in [6.45, 7) is 1.19. The number of nitrogens with one attached hydrogen (secondary N) is 1. The van der Waals surface area contributed by atoms with Crippen LogP contribution in [0.5, 0.6) is 0 Å². The van der Waals surface area contributed by atoms with E-state index in [9.17, 15) is 14.0 Å². The molecule has 3 amide bonds. The number of hydrogen-bond donors (Lipinski definition) is 1. The number of halogens is 2. The number of rotatable bonds is 5. The van der Waals surface area contributed by atoms with Crippen molar-refractivity contribution in [2.24, 2.45) is 0 Å². The maximum atomic E-state index is 13.3. The van der Waals surface area contributed by atoms with Crippen molar-refractivity contribution in [2.45, 2.75) is 32.0 Å². The molecule has 1 heterocycles. The number of benzene rings is 2. The van der Waals surface area contributed by atoms with Crippen molar-refractivity contribution in [3.8, 4) is 0 Å². The first kappa shape index (κ1) is 20.1. The Bertz CT molecular complexity index is 844. The van der Waals surface area contributed by atoms with E-state index in [1.807, 2.05) is 12.1 Å². The highest BCUT2D eigenvalue weighted by Crippen LogP contribution is 2.20. The van der Waals surface area contributed by atoms with E-state index < -0.39 is 6.04 Å². The molecule has 0 aromatic heterocycles. The van der Waals surface area contributed by atoms with Gasteiger partial charge >= 0.3 is 6.03 Å². The fourth-order valence-electron chi connectivity index (χ4n) is 3.39. The number of likely N-dealkylation sites (N-methyl/N-ethyl adjacent to an activating group) is 1. The van der Waals surface area contributed by atoms with Crippen molar-refractivity contribution in [1.29, 1.82) is 0 Å². The Kier molecular flexibility index (Phi) is 6.52. The molecular weight excluding hydrogens is 381 g/mol. The molecule has 0 saturated carbocycles. The second kappa shape index (κ2) is 9.06. The van der Waals surface area contributed by atoms with Gasteiger partial charge in [-0.3, -0.25) is 4.79 Å². The van der Waals surface area contributed by atoms with Gasteiger partial charge in [0.05, 0.1) is 0 Å². The van der Waals surface area contributed by atoms with E-state index in [4.69, 9.17) is 11.6 Å². The second-order valence-corrected chi connectivity index (χ2v) is 7.40. The number of carbonyl (C=O) groups excluding carboxylic acids is 2. The molecule has 1 aliphatic heterocycles. The van der Waals surface area contributed by atoms with E-state index >= 15 is 0 Å². The van der Waals surface area contributed by atoms with Gasteiger partial charge in [-0.2, -0.15) is 0 Å². The predicted octanol–water partition coefficient (Wildman–Crippen LogP) is 3.81. The van der Waals surface area contributed by atoms with E-state index in [0.29, 0.717) is 30.1 Å². The zero-order valence-corrected chi connectivity index (χ0v) is 16.5. The lowest BCUT2D eigenvalue weighted by Gasteiger charge is -2.28. The second-order valence-electron chi connectivity index (χ2n) is 6.96. The largest absolute Gasteiger partial charge is 0.340 e. The minimum atomic E-state index is -0.482. The average Bonchev–Trinajstić information content (AvgIpc) is 3.17. The van der Waals surface area contributed by atoms with Crippen molar-refractivity contribution in [3.63, 3.8) is 0 Å². The molecular formula is C21H23ClFN3O2. The summed E-state index contributed by atoms with van der Waals surface area (Å²) >= 11 is 5.90. The van der Waals surface area contributed by atoms with Gasteiger partial charge in [0, 0.05) is 31.7 Å². The third kappa shape index (κ3) is 5.01. The molecule has 2 aromatic rings. The van der Waals surface area contributed by atoms with Gasteiger partial charge < -0.3 is 15.1 Å². The van der Waals surface area contributed by atoms with E-state index in [-0.39, 0.29) is 24.3 Å². The summed E-state index contributed by atoms with van der Waals surface area (Å²) in [7, 11) is 1.73. The van der Waals surface area contributed by atoms with Crippen molar-refractivity contribution < 1.29 is 14.0 Å². The highest BCUT2D eigenvalue weighted by atomic mass is 35.5. The topological polar surface area (TPSA) is 52.7 Å². The molecule has 0 radical (unpaired) electrons. The maximum Gasteiger partial charge on any atom is 0.318 e. The van der Waals surface area contributed by atoms with Crippen molar-refractivity contribution >= 4 is 23.5 Å². The molecule has 148 valence electrons. The third-order valence-electron chi connectivity index (χ3n) is 4.84. The molecule has 1 aliphatic rings. The molecule has 1 N–H and O–H groups in total. The molecule has 0 aliphatic carbocycles. The highest BCUT2D eigenvalue weighted by Gasteiger charge is 2.35. The fraction of sp³-hybridized carbons (Fsp3) is 0.333. The van der Waals surface area contributed by atoms with E-state index in [0.717, 1.165) is 12.0 Å². The molecule has 1 unspecified atom stereocenters. The molecule has 0 bridgehead atoms. The fourth-order valence-corrected chi connectivity index (χ4v) is 3.51. The zero-order valence-electron chi connectivity index (χ0n) is 15.7. The number of nitrogens with zero attached hydrogens (tertiary/aromatic N) is 2. The van der Waals surface area contributed by atoms with Gasteiger partial charge in [0.25, 0.3) is 0 Å². The Morgan fingerprint density at radius 3 is 2.68 bits per heavy atom. The smallest absolute Gasteiger partial charge is 0.318 e. The van der Waals surface area contributed by atoms with Gasteiger partial charge in [-0.25, -0.2) is 9.18 Å². The van der Waals surface area contributed by atoms with E-state index in [1.165, 1.54) is 12.1 Å². The summed E-state index contributed by atoms with van der Waals surface area (Å²) in [5, 5.41) is 3.43. The molecule has 2 aromatic carbocycles. The normalized spacial score (nSPS) is 16.1. The van der Waals surface area contributed by atoms with Gasteiger partial charge in [0.1, 0.15) is 11.9 Å². The monoisotopic (exact) mass is 403 g/mol. The average molecular weight is 404 g/mol. The van der Waals surface area contributed by atoms with Crippen molar-refractivity contribution in [2.75, 3.05) is 13.6 Å². The number of carbonyl (C=O) groups is 2. The Morgan fingerprint density at radius 1 is 1.21 bits per heavy atom. The summed E-state index contributed by atoms with van der Waals surface area (Å²) in [6.07, 6.45) is 1.41. The lowest BCUT2D eigenvalue weighted by molar-refractivity contribution is -0.134. The van der Waals surface area contributed by atoms with Crippen LogP contribution in [-0.4, -0.2) is 41.4 Å². The Morgan fingerprint density at radius 2 is 1.96 bits per heavy atom. The summed E-state index contributed by atoms with van der Waals surface area (Å²) in [5.41, 5.74) is 1.65. The van der Waals surface area contributed by atoms with Gasteiger partial charge in [-0.15, -0.1) is 0 Å². The van der Waals surface area contributed by atoms with Crippen LogP contribution in [0.15, 0.2) is 48.5 Å². The summed E-state index contributed by atoms with van der Waals surface area (Å²) in [4.78, 5) is 28.7. The van der Waals surface area contributed by atoms with Crippen molar-refractivity contribution in [1.82, 2.24) is 15.1 Å². The summed E-state index contributed by atoms with van der Waals surface area (Å²) < 4.78 is 13.3. The molecule has 0 spiro atoms.